The van der Waals surface area contributed by atoms with Gasteiger partial charge in [-0.1, -0.05) is 47.1 Å². The Hall–Kier alpha value is -2.04. The van der Waals surface area contributed by atoms with Gasteiger partial charge in [-0.3, -0.25) is 0 Å². The predicted molar refractivity (Wildman–Crippen MR) is 116 cm³/mol. The fourth-order valence-corrected chi connectivity index (χ4v) is 4.46. The lowest BCUT2D eigenvalue weighted by atomic mass is 9.83. The average molecular weight is 464 g/mol. The fraction of sp³-hybridized carbons (Fsp3) is 0.435. The highest BCUT2D eigenvalue weighted by Gasteiger charge is 2.67. The Bertz CT molecular complexity index is 1010. The van der Waals surface area contributed by atoms with Gasteiger partial charge in [-0.25, -0.2) is 0 Å². The number of aliphatic hydroxyl groups excluding tert-OH is 4. The summed E-state index contributed by atoms with van der Waals surface area (Å²) in [5.41, 5.74) is 2.36. The van der Waals surface area contributed by atoms with E-state index in [1.807, 2.05) is 31.2 Å². The molecular formula is C23H26ClNO7. The maximum absolute atomic E-state index is 10.7. The van der Waals surface area contributed by atoms with Crippen molar-refractivity contribution in [1.29, 1.82) is 0 Å². The summed E-state index contributed by atoms with van der Waals surface area (Å²) in [6, 6.07) is 12.8. The zero-order chi connectivity index (χ0) is 23.1. The van der Waals surface area contributed by atoms with E-state index in [9.17, 15) is 20.4 Å². The lowest BCUT2D eigenvalue weighted by Crippen LogP contribution is -2.65. The lowest BCUT2D eigenvalue weighted by molar-refractivity contribution is -0.329. The summed E-state index contributed by atoms with van der Waals surface area (Å²) in [6.45, 7) is 1.10. The maximum Gasteiger partial charge on any atom is 0.225 e. The minimum absolute atomic E-state index is 0.180. The van der Waals surface area contributed by atoms with Crippen LogP contribution in [0.4, 0.5) is 0 Å². The average Bonchev–Trinajstić information content (AvgIpc) is 3.19. The Morgan fingerprint density at radius 2 is 1.88 bits per heavy atom. The van der Waals surface area contributed by atoms with Crippen molar-refractivity contribution in [1.82, 2.24) is 0 Å². The van der Waals surface area contributed by atoms with Gasteiger partial charge in [0.1, 0.15) is 31.0 Å². The van der Waals surface area contributed by atoms with Gasteiger partial charge in [-0.15, -0.1) is 0 Å². The van der Waals surface area contributed by atoms with Crippen LogP contribution in [0.3, 0.4) is 0 Å². The summed E-state index contributed by atoms with van der Waals surface area (Å²) in [7, 11) is 1.50. The van der Waals surface area contributed by atoms with Crippen molar-refractivity contribution in [2.45, 2.75) is 43.0 Å². The van der Waals surface area contributed by atoms with Crippen molar-refractivity contribution in [3.8, 4) is 0 Å². The number of aliphatic hydroxyl groups is 4. The molecule has 9 heteroatoms. The molecule has 2 fully saturated rings. The van der Waals surface area contributed by atoms with Crippen molar-refractivity contribution >= 4 is 17.3 Å². The van der Waals surface area contributed by atoms with Gasteiger partial charge in [0.25, 0.3) is 0 Å². The van der Waals surface area contributed by atoms with Gasteiger partial charge in [0.05, 0.1) is 18.9 Å². The molecule has 0 spiro atoms. The van der Waals surface area contributed by atoms with Crippen molar-refractivity contribution in [2.24, 2.45) is 5.16 Å². The molecular weight excluding hydrogens is 438 g/mol. The Morgan fingerprint density at radius 3 is 2.53 bits per heavy atom. The normalized spacial score (nSPS) is 32.2. The minimum atomic E-state index is -1.72. The molecule has 2 aliphatic heterocycles. The van der Waals surface area contributed by atoms with Crippen LogP contribution in [0, 0.1) is 0 Å². The van der Waals surface area contributed by atoms with Gasteiger partial charge < -0.3 is 34.7 Å². The Kier molecular flexibility index (Phi) is 6.30. The molecule has 2 bridgehead atoms. The highest BCUT2D eigenvalue weighted by molar-refractivity contribution is 6.31. The largest absolute Gasteiger partial charge is 0.399 e. The summed E-state index contributed by atoms with van der Waals surface area (Å²) >= 11 is 6.44. The standard InChI is InChI=1S/C23H26ClNO7/c1-13(25-30-2)15-5-3-14(4-6-15)9-16-10-17(7-8-18(16)24)23-21(29)19(27)20(28)22(11-26,32-23)12-31-23/h3-8,10,19-21,26-29H,9,11-12H2,1-2H3. The molecule has 2 aromatic rings. The first-order valence-electron chi connectivity index (χ1n) is 10.2. The first-order valence-corrected chi connectivity index (χ1v) is 10.6. The summed E-state index contributed by atoms with van der Waals surface area (Å²) in [6.07, 6.45) is -4.11. The molecule has 0 aliphatic carbocycles. The van der Waals surface area contributed by atoms with Crippen LogP contribution in [0.15, 0.2) is 47.6 Å². The molecule has 2 saturated heterocycles. The quantitative estimate of drug-likeness (QED) is 0.376. The minimum Gasteiger partial charge on any atom is -0.399 e. The molecule has 0 amide bonds. The second-order valence-corrected chi connectivity index (χ2v) is 8.61. The van der Waals surface area contributed by atoms with Crippen molar-refractivity contribution in [3.63, 3.8) is 0 Å². The molecule has 2 aliphatic rings. The van der Waals surface area contributed by atoms with Crippen molar-refractivity contribution in [3.05, 3.63) is 69.7 Å². The molecule has 32 heavy (non-hydrogen) atoms. The molecule has 2 aromatic carbocycles. The third kappa shape index (κ3) is 3.72. The molecule has 4 rings (SSSR count). The fourth-order valence-electron chi connectivity index (χ4n) is 4.28. The van der Waals surface area contributed by atoms with Crippen LogP contribution < -0.4 is 0 Å². The van der Waals surface area contributed by atoms with Crippen molar-refractivity contribution < 1.29 is 34.7 Å². The van der Waals surface area contributed by atoms with E-state index in [2.05, 4.69) is 5.16 Å². The third-order valence-electron chi connectivity index (χ3n) is 6.17. The van der Waals surface area contributed by atoms with E-state index in [-0.39, 0.29) is 6.61 Å². The van der Waals surface area contributed by atoms with E-state index >= 15 is 0 Å². The Balaban J connectivity index is 1.64. The van der Waals surface area contributed by atoms with E-state index in [0.717, 1.165) is 22.4 Å². The van der Waals surface area contributed by atoms with Gasteiger partial charge in [0.15, 0.2) is 0 Å². The number of fused-ring (bicyclic) bond motifs is 2. The molecule has 2 heterocycles. The first-order chi connectivity index (χ1) is 15.3. The van der Waals surface area contributed by atoms with E-state index in [0.29, 0.717) is 17.0 Å². The SMILES string of the molecule is CON=C(C)c1ccc(Cc2cc(C34OCC(CO)(O3)C(O)C(O)C4O)ccc2Cl)cc1. The number of ether oxygens (including phenoxy) is 2. The van der Waals surface area contributed by atoms with Crippen LogP contribution in [-0.2, 0) is 26.5 Å². The van der Waals surface area contributed by atoms with E-state index in [1.165, 1.54) is 7.11 Å². The van der Waals surface area contributed by atoms with Gasteiger partial charge in [-0.2, -0.15) is 0 Å². The van der Waals surface area contributed by atoms with Crippen LogP contribution in [0.1, 0.15) is 29.2 Å². The molecule has 0 radical (unpaired) electrons. The second kappa shape index (κ2) is 8.72. The van der Waals surface area contributed by atoms with Gasteiger partial charge >= 0.3 is 0 Å². The van der Waals surface area contributed by atoms with E-state index in [1.54, 1.807) is 18.2 Å². The summed E-state index contributed by atoms with van der Waals surface area (Å²) in [5, 5.41) is 45.7. The van der Waals surface area contributed by atoms with Gasteiger partial charge in [-0.05, 0) is 42.2 Å². The molecule has 0 saturated carbocycles. The molecule has 5 unspecified atom stereocenters. The summed E-state index contributed by atoms with van der Waals surface area (Å²) in [4.78, 5) is 4.81. The molecule has 0 aromatic heterocycles. The number of oxime groups is 1. The molecule has 8 nitrogen and oxygen atoms in total. The monoisotopic (exact) mass is 463 g/mol. The lowest BCUT2D eigenvalue weighted by Gasteiger charge is -2.46. The number of hydrogen-bond acceptors (Lipinski definition) is 8. The summed E-state index contributed by atoms with van der Waals surface area (Å²) < 4.78 is 11.7. The number of hydrogen-bond donors (Lipinski definition) is 4. The van der Waals surface area contributed by atoms with Crippen LogP contribution in [0.25, 0.3) is 0 Å². The smallest absolute Gasteiger partial charge is 0.225 e. The van der Waals surface area contributed by atoms with Crippen LogP contribution in [0.2, 0.25) is 5.02 Å². The van der Waals surface area contributed by atoms with Crippen LogP contribution in [0.5, 0.6) is 0 Å². The molecule has 172 valence electrons. The number of rotatable bonds is 6. The zero-order valence-electron chi connectivity index (χ0n) is 17.7. The topological polar surface area (TPSA) is 121 Å². The molecule has 5 atom stereocenters. The van der Waals surface area contributed by atoms with Crippen LogP contribution >= 0.6 is 11.6 Å². The maximum atomic E-state index is 10.7. The second-order valence-electron chi connectivity index (χ2n) is 8.20. The number of halogens is 1. The predicted octanol–water partition coefficient (Wildman–Crippen LogP) is 1.33. The molecule has 4 N–H and O–H groups in total. The van der Waals surface area contributed by atoms with Gasteiger partial charge in [0.2, 0.25) is 5.79 Å². The van der Waals surface area contributed by atoms with Crippen LogP contribution in [-0.4, -0.2) is 70.4 Å². The van der Waals surface area contributed by atoms with E-state index in [4.69, 9.17) is 25.9 Å². The van der Waals surface area contributed by atoms with E-state index < -0.39 is 36.3 Å². The number of benzene rings is 2. The third-order valence-corrected chi connectivity index (χ3v) is 6.54. The first kappa shape index (κ1) is 23.1. The van der Waals surface area contributed by atoms with Gasteiger partial charge in [0, 0.05) is 10.6 Å². The number of nitrogens with zero attached hydrogens (tertiary/aromatic N) is 1. The Morgan fingerprint density at radius 1 is 1.16 bits per heavy atom. The summed E-state index contributed by atoms with van der Waals surface area (Å²) in [5.74, 6) is -1.72. The highest BCUT2D eigenvalue weighted by Crippen LogP contribution is 2.49. The Labute approximate surface area is 190 Å². The van der Waals surface area contributed by atoms with Crippen molar-refractivity contribution in [2.75, 3.05) is 20.3 Å². The zero-order valence-corrected chi connectivity index (χ0v) is 18.5. The highest BCUT2D eigenvalue weighted by atomic mass is 35.5.